The van der Waals surface area contributed by atoms with Crippen molar-refractivity contribution in [3.8, 4) is 0 Å². The summed E-state index contributed by atoms with van der Waals surface area (Å²) in [5, 5.41) is 0. The summed E-state index contributed by atoms with van der Waals surface area (Å²) >= 11 is 0. The van der Waals surface area contributed by atoms with E-state index in [9.17, 15) is 9.59 Å². The third-order valence-corrected chi connectivity index (χ3v) is 8.21. The van der Waals surface area contributed by atoms with E-state index in [0.29, 0.717) is 19.4 Å². The first-order valence-electron chi connectivity index (χ1n) is 20.5. The van der Waals surface area contributed by atoms with Gasteiger partial charge in [-0.1, -0.05) is 151 Å². The van der Waals surface area contributed by atoms with Gasteiger partial charge in [0, 0.05) is 19.4 Å². The van der Waals surface area contributed by atoms with Crippen LogP contribution in [-0.4, -0.2) is 37.9 Å². The summed E-state index contributed by atoms with van der Waals surface area (Å²) in [7, 11) is 0. The Morgan fingerprint density at radius 1 is 0.460 bits per heavy atom. The van der Waals surface area contributed by atoms with Crippen molar-refractivity contribution >= 4 is 11.9 Å². The Kier molecular flexibility index (Phi) is 38.6. The molecule has 1 atom stereocenters. The third-order valence-electron chi connectivity index (χ3n) is 8.21. The van der Waals surface area contributed by atoms with Gasteiger partial charge in [0.2, 0.25) is 0 Å². The zero-order valence-electron chi connectivity index (χ0n) is 32.6. The second-order valence-corrected chi connectivity index (χ2v) is 13.2. The van der Waals surface area contributed by atoms with Gasteiger partial charge < -0.3 is 14.2 Å². The minimum absolute atomic E-state index is 0.0617. The van der Waals surface area contributed by atoms with Crippen LogP contribution in [0.3, 0.4) is 0 Å². The van der Waals surface area contributed by atoms with Crippen molar-refractivity contribution in [2.24, 2.45) is 0 Å². The number of esters is 2. The van der Waals surface area contributed by atoms with Crippen LogP contribution in [0, 0.1) is 0 Å². The molecule has 5 nitrogen and oxygen atoms in total. The molecule has 0 saturated heterocycles. The Labute approximate surface area is 308 Å². The highest BCUT2D eigenvalue weighted by atomic mass is 16.6. The first kappa shape index (κ1) is 47.3. The van der Waals surface area contributed by atoms with Crippen LogP contribution in [0.4, 0.5) is 0 Å². The Morgan fingerprint density at radius 3 is 1.52 bits per heavy atom. The van der Waals surface area contributed by atoms with E-state index in [4.69, 9.17) is 14.2 Å². The molecule has 0 saturated carbocycles. The summed E-state index contributed by atoms with van der Waals surface area (Å²) in [5.74, 6) is -0.451. The molecule has 0 aliphatic carbocycles. The Balaban J connectivity index is 4.20. The molecular formula is C45H76O5. The predicted octanol–water partition coefficient (Wildman–Crippen LogP) is 13.2. The molecule has 0 aromatic carbocycles. The van der Waals surface area contributed by atoms with Crippen LogP contribution in [0.15, 0.2) is 72.9 Å². The molecule has 0 spiro atoms. The number of carbonyl (C=O) groups is 2. The molecule has 286 valence electrons. The van der Waals surface area contributed by atoms with Crippen LogP contribution >= 0.6 is 0 Å². The lowest BCUT2D eigenvalue weighted by atomic mass is 10.1. The summed E-state index contributed by atoms with van der Waals surface area (Å²) in [5.41, 5.74) is 0. The van der Waals surface area contributed by atoms with E-state index in [-0.39, 0.29) is 25.2 Å². The molecule has 0 aromatic heterocycles. The summed E-state index contributed by atoms with van der Waals surface area (Å²) in [6, 6.07) is 0. The lowest BCUT2D eigenvalue weighted by Crippen LogP contribution is -2.30. The van der Waals surface area contributed by atoms with Crippen molar-refractivity contribution in [1.29, 1.82) is 0 Å². The van der Waals surface area contributed by atoms with Crippen LogP contribution in [0.25, 0.3) is 0 Å². The van der Waals surface area contributed by atoms with Crippen LogP contribution in [0.1, 0.15) is 175 Å². The molecule has 0 aliphatic rings. The molecule has 0 bridgehead atoms. The van der Waals surface area contributed by atoms with Gasteiger partial charge in [-0.05, 0) is 83.5 Å². The van der Waals surface area contributed by atoms with Gasteiger partial charge in [-0.2, -0.15) is 0 Å². The zero-order chi connectivity index (χ0) is 36.4. The van der Waals surface area contributed by atoms with Crippen LogP contribution < -0.4 is 0 Å². The topological polar surface area (TPSA) is 61.8 Å². The van der Waals surface area contributed by atoms with E-state index in [1.54, 1.807) is 0 Å². The molecule has 0 rings (SSSR count). The maximum absolute atomic E-state index is 12.5. The second kappa shape index (κ2) is 40.8. The fourth-order valence-electron chi connectivity index (χ4n) is 5.18. The number of hydrogen-bond acceptors (Lipinski definition) is 5. The summed E-state index contributed by atoms with van der Waals surface area (Å²) in [6.07, 6.45) is 50.6. The van der Waals surface area contributed by atoms with E-state index in [2.05, 4.69) is 93.7 Å². The van der Waals surface area contributed by atoms with Gasteiger partial charge >= 0.3 is 11.9 Å². The molecule has 50 heavy (non-hydrogen) atoms. The monoisotopic (exact) mass is 697 g/mol. The Bertz CT molecular complexity index is 926. The number of rotatable bonds is 36. The van der Waals surface area contributed by atoms with Crippen molar-refractivity contribution < 1.29 is 23.8 Å². The number of ether oxygens (including phenoxy) is 3. The van der Waals surface area contributed by atoms with Gasteiger partial charge in [-0.15, -0.1) is 0 Å². The molecule has 5 heteroatoms. The van der Waals surface area contributed by atoms with Crippen molar-refractivity contribution in [3.05, 3.63) is 72.9 Å². The van der Waals surface area contributed by atoms with E-state index in [0.717, 1.165) is 109 Å². The highest BCUT2D eigenvalue weighted by molar-refractivity contribution is 5.70. The number of hydrogen-bond donors (Lipinski definition) is 0. The first-order valence-corrected chi connectivity index (χ1v) is 20.5. The number of carbonyl (C=O) groups excluding carboxylic acids is 2. The van der Waals surface area contributed by atoms with Gasteiger partial charge in [0.15, 0.2) is 6.10 Å². The van der Waals surface area contributed by atoms with E-state index < -0.39 is 6.10 Å². The fourth-order valence-corrected chi connectivity index (χ4v) is 5.18. The third kappa shape index (κ3) is 38.1. The average Bonchev–Trinajstić information content (AvgIpc) is 3.11. The van der Waals surface area contributed by atoms with Gasteiger partial charge in [0.05, 0.1) is 6.61 Å². The molecule has 0 amide bonds. The lowest BCUT2D eigenvalue weighted by Gasteiger charge is -2.18. The summed E-state index contributed by atoms with van der Waals surface area (Å²) in [6.45, 7) is 7.47. The quantitative estimate of drug-likeness (QED) is 0.0371. The molecule has 1 unspecified atom stereocenters. The second-order valence-electron chi connectivity index (χ2n) is 13.2. The molecule has 0 radical (unpaired) electrons. The molecule has 0 heterocycles. The Hall–Kier alpha value is -2.66. The molecular weight excluding hydrogens is 620 g/mol. The summed E-state index contributed by atoms with van der Waals surface area (Å²) in [4.78, 5) is 24.9. The van der Waals surface area contributed by atoms with Gasteiger partial charge in [0.1, 0.15) is 6.61 Å². The first-order chi connectivity index (χ1) is 24.6. The lowest BCUT2D eigenvalue weighted by molar-refractivity contribution is -0.163. The number of allylic oxidation sites excluding steroid dienone is 12. The minimum Gasteiger partial charge on any atom is -0.462 e. The maximum atomic E-state index is 12.5. The fraction of sp³-hybridized carbons (Fsp3) is 0.689. The van der Waals surface area contributed by atoms with Crippen LogP contribution in [0.2, 0.25) is 0 Å². The van der Waals surface area contributed by atoms with Crippen molar-refractivity contribution in [1.82, 2.24) is 0 Å². The van der Waals surface area contributed by atoms with E-state index in [1.807, 2.05) is 0 Å². The van der Waals surface area contributed by atoms with Crippen molar-refractivity contribution in [2.45, 2.75) is 181 Å². The highest BCUT2D eigenvalue weighted by Crippen LogP contribution is 2.11. The standard InChI is InChI=1S/C45H76O5/c1-4-7-10-13-15-17-19-21-22-23-25-27-29-31-34-37-40-48-41-43(50-45(47)39-36-32-12-9-6-3)42-49-44(46)38-35-33-30-28-26-24-20-18-16-14-11-8-5-2/h7,10-11,14-15,17-18,20-22,25,27,43H,4-6,8-9,12-13,16,19,23-24,26,28-42H2,1-3H3/b10-7-,14-11-,17-15-,20-18-,22-21-,27-25-. The van der Waals surface area contributed by atoms with Gasteiger partial charge in [-0.3, -0.25) is 9.59 Å². The molecule has 0 fully saturated rings. The largest absolute Gasteiger partial charge is 0.462 e. The van der Waals surface area contributed by atoms with Crippen molar-refractivity contribution in [3.63, 3.8) is 0 Å². The number of unbranched alkanes of at least 4 members (excludes halogenated alkanes) is 13. The Morgan fingerprint density at radius 2 is 0.940 bits per heavy atom. The maximum Gasteiger partial charge on any atom is 0.306 e. The van der Waals surface area contributed by atoms with Crippen molar-refractivity contribution in [2.75, 3.05) is 19.8 Å². The SMILES string of the molecule is CC/C=C\C/C=C\C/C=C\C/C=C\CCCCCOCC(COC(=O)CCCCCCC/C=C\C/C=C\CCC)OC(=O)CCCCCCC. The normalized spacial score (nSPS) is 12.9. The van der Waals surface area contributed by atoms with E-state index >= 15 is 0 Å². The molecule has 0 N–H and O–H groups in total. The zero-order valence-corrected chi connectivity index (χ0v) is 32.6. The molecule has 0 aromatic rings. The minimum atomic E-state index is -0.554. The smallest absolute Gasteiger partial charge is 0.306 e. The highest BCUT2D eigenvalue weighted by Gasteiger charge is 2.17. The van der Waals surface area contributed by atoms with Gasteiger partial charge in [0.25, 0.3) is 0 Å². The predicted molar refractivity (Wildman–Crippen MR) is 214 cm³/mol. The van der Waals surface area contributed by atoms with Crippen LogP contribution in [-0.2, 0) is 23.8 Å². The van der Waals surface area contributed by atoms with E-state index in [1.165, 1.54) is 32.1 Å². The van der Waals surface area contributed by atoms with Crippen LogP contribution in [0.5, 0.6) is 0 Å². The summed E-state index contributed by atoms with van der Waals surface area (Å²) < 4.78 is 17.1. The molecule has 0 aliphatic heterocycles. The van der Waals surface area contributed by atoms with Gasteiger partial charge in [-0.25, -0.2) is 0 Å². The average molecular weight is 697 g/mol.